The maximum absolute atomic E-state index is 8.33. The first-order valence-electron chi connectivity index (χ1n) is 0.683. The molecule has 0 aromatic carbocycles. The van der Waals surface area contributed by atoms with Gasteiger partial charge in [-0.15, -0.1) is 0 Å². The molecule has 0 aromatic heterocycles. The molecule has 0 aliphatic carbocycles. The van der Waals surface area contributed by atoms with Crippen LogP contribution in [0, 0.1) is 14.5 Å². The van der Waals surface area contributed by atoms with Crippen molar-refractivity contribution in [2.75, 3.05) is 0 Å². The molecule has 0 amide bonds. The molecular weight excluding hydrogens is 272 g/mol. The van der Waals surface area contributed by atoms with Gasteiger partial charge in [0.05, 0.1) is 0 Å². The molecule has 0 heterocycles. The molecule has 0 aromatic rings. The van der Waals surface area contributed by atoms with Gasteiger partial charge in [0, 0.05) is 0 Å². The second-order valence-electron chi connectivity index (χ2n) is 0. The van der Waals surface area contributed by atoms with Gasteiger partial charge < -0.3 is 12.5 Å². The van der Waals surface area contributed by atoms with Gasteiger partial charge in [0.25, 0.3) is 0 Å². The van der Waals surface area contributed by atoms with E-state index in [0.717, 1.165) is 0 Å². The third-order valence-corrected chi connectivity index (χ3v) is 0. The predicted molar refractivity (Wildman–Crippen MR) is 19.7 cm³/mol. The zero-order valence-electron chi connectivity index (χ0n) is 3.87. The normalized spacial score (nSPS) is 2.29. The molecule has 7 heavy (non-hydrogen) atoms. The molecule has 3 N–H and O–H groups in total. The standard InChI is InChI=1S/CH3O.CH3.H2O2.O.W/c1-2;;1-2;;/h2H,1H2;1H3;1-2H;;/q2*-1;;;. The minimum absolute atomic E-state index is 0. The van der Waals surface area contributed by atoms with E-state index in [0.29, 0.717) is 19.8 Å². The molecule has 0 bridgehead atoms. The fraction of sp³-hybridized carbons (Fsp3) is 0. The number of rotatable bonds is 0. The van der Waals surface area contributed by atoms with E-state index in [-0.39, 0.29) is 7.43 Å². The third kappa shape index (κ3) is 896. The van der Waals surface area contributed by atoms with Crippen molar-refractivity contribution < 1.29 is 38.8 Å². The van der Waals surface area contributed by atoms with Gasteiger partial charge in [-0.1, -0.05) is 0 Å². The molecule has 0 aliphatic heterocycles. The number of hydrogen-bond donors (Lipinski definition) is 3. The van der Waals surface area contributed by atoms with Crippen molar-refractivity contribution in [2.24, 2.45) is 0 Å². The molecule has 0 unspecified atom stereocenters. The van der Waals surface area contributed by atoms with Crippen LogP contribution in [0.15, 0.2) is 0 Å². The Balaban J connectivity index is -0.00000000900. The van der Waals surface area contributed by atoms with E-state index in [1.807, 2.05) is 0 Å². The zero-order chi connectivity index (χ0) is 6.00. The second-order valence-corrected chi connectivity index (χ2v) is 0. The Morgan fingerprint density at radius 2 is 1.14 bits per heavy atom. The molecule has 5 heteroatoms. The summed E-state index contributed by atoms with van der Waals surface area (Å²) in [5.41, 5.74) is 0. The molecule has 0 atom stereocenters. The van der Waals surface area contributed by atoms with E-state index in [1.165, 1.54) is 0 Å². The van der Waals surface area contributed by atoms with Crippen LogP contribution in [0.4, 0.5) is 0 Å². The third-order valence-electron chi connectivity index (χ3n) is 0. The predicted octanol–water partition coefficient (Wildman–Crippen LogP) is 0.497. The van der Waals surface area contributed by atoms with Crippen LogP contribution in [0.2, 0.25) is 0 Å². The van der Waals surface area contributed by atoms with Crippen LogP contribution in [-0.2, 0) is 23.2 Å². The average Bonchev–Trinajstić information content (AvgIpc) is 1.81. The first kappa shape index (κ1) is 26.3. The summed E-state index contributed by atoms with van der Waals surface area (Å²) in [4.78, 5) is 0. The molecule has 0 saturated carbocycles. The van der Waals surface area contributed by atoms with E-state index in [9.17, 15) is 0 Å². The molecule has 0 saturated heterocycles. The molecule has 0 radical (unpaired) electrons. The summed E-state index contributed by atoms with van der Waals surface area (Å²) in [6, 6.07) is 0. The number of aliphatic hydroxyl groups excluding tert-OH is 1. The van der Waals surface area contributed by atoms with Gasteiger partial charge in [0.15, 0.2) is 0 Å². The topological polar surface area (TPSA) is 77.8 Å². The van der Waals surface area contributed by atoms with Crippen LogP contribution in [0.3, 0.4) is 0 Å². The molecule has 0 fully saturated rings. The van der Waals surface area contributed by atoms with E-state index in [4.69, 9.17) is 19.0 Å². The van der Waals surface area contributed by atoms with E-state index < -0.39 is 0 Å². The van der Waals surface area contributed by atoms with Crippen LogP contribution in [0.5, 0.6) is 0 Å². The van der Waals surface area contributed by atoms with Gasteiger partial charge in [-0.2, -0.15) is 0 Å². The Morgan fingerprint density at radius 3 is 1.14 bits per heavy atom. The fourth-order valence-electron chi connectivity index (χ4n) is 0. The summed E-state index contributed by atoms with van der Waals surface area (Å²) in [5, 5.41) is 18.8. The van der Waals surface area contributed by atoms with Crippen molar-refractivity contribution in [1.29, 1.82) is 0 Å². The van der Waals surface area contributed by atoms with E-state index in [2.05, 4.69) is 7.11 Å². The zero-order valence-corrected chi connectivity index (χ0v) is 6.80. The Labute approximate surface area is 53.9 Å². The van der Waals surface area contributed by atoms with Crippen LogP contribution in [0.25, 0.3) is 0 Å². The number of aliphatic hydroxyl groups is 1. The van der Waals surface area contributed by atoms with Crippen molar-refractivity contribution in [2.45, 2.75) is 0 Å². The summed E-state index contributed by atoms with van der Waals surface area (Å²) in [7, 11) is 2.25. The van der Waals surface area contributed by atoms with Crippen LogP contribution in [-0.4, -0.2) is 15.6 Å². The first-order chi connectivity index (χ1) is 3.00. The van der Waals surface area contributed by atoms with Crippen molar-refractivity contribution in [3.63, 3.8) is 0 Å². The monoisotopic (exact) mass is 280 g/mol. The Hall–Kier alpha value is 0.368. The van der Waals surface area contributed by atoms with Crippen LogP contribution >= 0.6 is 0 Å². The van der Waals surface area contributed by atoms with E-state index >= 15 is 0 Å². The summed E-state index contributed by atoms with van der Waals surface area (Å²) in [6.45, 7) is 0. The van der Waals surface area contributed by atoms with Gasteiger partial charge in [-0.3, -0.25) is 10.5 Å². The van der Waals surface area contributed by atoms with Crippen molar-refractivity contribution in [1.82, 2.24) is 0 Å². The Kier molecular flexibility index (Phi) is 5090. The maximum atomic E-state index is 8.33. The number of hydrogen-bond acceptors (Lipinski definition) is 4. The van der Waals surface area contributed by atoms with Gasteiger partial charge in [-0.25, -0.2) is 7.11 Å². The molecule has 4 nitrogen and oxygen atoms in total. The van der Waals surface area contributed by atoms with Crippen LogP contribution < -0.4 is 0 Å². The summed E-state index contributed by atoms with van der Waals surface area (Å²) in [6.07, 6.45) is 0. The van der Waals surface area contributed by atoms with Gasteiger partial charge in [-0.05, 0) is 0 Å². The van der Waals surface area contributed by atoms with Crippen molar-refractivity contribution in [3.8, 4) is 0 Å². The quantitative estimate of drug-likeness (QED) is 0.343. The second kappa shape index (κ2) is 1350. The van der Waals surface area contributed by atoms with Gasteiger partial charge in [0.1, 0.15) is 0 Å². The molecule has 0 spiro atoms. The molecule has 0 aliphatic rings. The fourth-order valence-corrected chi connectivity index (χ4v) is 0. The van der Waals surface area contributed by atoms with Crippen molar-refractivity contribution in [3.05, 3.63) is 14.5 Å². The minimum atomic E-state index is 0. The van der Waals surface area contributed by atoms with Gasteiger partial charge in [0.2, 0.25) is 0 Å². The SMILES string of the molecule is OO.[CH2-]O.[CH3-].[O]=[W]. The average molecular weight is 280 g/mol. The molecule has 0 rings (SSSR count). The Bertz CT molecular complexity index is 9.65. The molecule has 48 valence electrons. The van der Waals surface area contributed by atoms with Gasteiger partial charge >= 0.3 is 23.2 Å². The van der Waals surface area contributed by atoms with E-state index in [1.54, 1.807) is 0 Å². The van der Waals surface area contributed by atoms with Crippen LogP contribution in [0.1, 0.15) is 0 Å². The Morgan fingerprint density at radius 1 is 1.14 bits per heavy atom. The van der Waals surface area contributed by atoms with Crippen molar-refractivity contribution >= 4 is 0 Å². The molecular formula is C2H8O4W-2. The first-order valence-corrected chi connectivity index (χ1v) is 1.88. The summed E-state index contributed by atoms with van der Waals surface area (Å²) >= 11 is 0.333. The summed E-state index contributed by atoms with van der Waals surface area (Å²) in [5.74, 6) is 0. The summed E-state index contributed by atoms with van der Waals surface area (Å²) < 4.78 is 8.33.